The lowest BCUT2D eigenvalue weighted by atomic mass is 9.99. The van der Waals surface area contributed by atoms with Crippen molar-refractivity contribution >= 4 is 11.9 Å². The van der Waals surface area contributed by atoms with Crippen LogP contribution in [0.2, 0.25) is 0 Å². The molecule has 0 heterocycles. The van der Waals surface area contributed by atoms with Crippen molar-refractivity contribution in [3.05, 3.63) is 12.2 Å². The van der Waals surface area contributed by atoms with Crippen LogP contribution < -0.4 is 0 Å². The molecule has 128 valence electrons. The fraction of sp³-hybridized carbons (Fsp3) is 0.778. The van der Waals surface area contributed by atoms with E-state index in [-0.39, 0.29) is 5.41 Å². The van der Waals surface area contributed by atoms with Gasteiger partial charge in [0.2, 0.25) is 0 Å². The van der Waals surface area contributed by atoms with Crippen molar-refractivity contribution in [1.82, 2.24) is 0 Å². The van der Waals surface area contributed by atoms with Crippen LogP contribution in [0.15, 0.2) is 12.2 Å². The highest BCUT2D eigenvalue weighted by atomic mass is 16.5. The summed E-state index contributed by atoms with van der Waals surface area (Å²) in [6.45, 7) is 8.85. The Hall–Kier alpha value is -1.32. The molecule has 0 saturated heterocycles. The van der Waals surface area contributed by atoms with Gasteiger partial charge in [-0.15, -0.1) is 0 Å². The normalized spacial score (nSPS) is 11.6. The third-order valence-corrected chi connectivity index (χ3v) is 3.00. The zero-order valence-electron chi connectivity index (χ0n) is 14.7. The molecule has 0 aromatic rings. The molecule has 4 heteroatoms. The van der Waals surface area contributed by atoms with E-state index in [0.29, 0.717) is 13.2 Å². The molecule has 0 radical (unpaired) electrons. The Bertz CT molecular complexity index is 339. The first-order chi connectivity index (χ1) is 10.3. The van der Waals surface area contributed by atoms with Gasteiger partial charge in [-0.2, -0.15) is 0 Å². The average molecular weight is 312 g/mol. The minimum absolute atomic E-state index is 0.0822. The summed E-state index contributed by atoms with van der Waals surface area (Å²) < 4.78 is 10.0. The number of carbonyl (C=O) groups excluding carboxylic acids is 2. The van der Waals surface area contributed by atoms with E-state index in [2.05, 4.69) is 6.92 Å². The zero-order valence-corrected chi connectivity index (χ0v) is 14.7. The molecule has 0 N–H and O–H groups in total. The molecular weight excluding hydrogens is 280 g/mol. The van der Waals surface area contributed by atoms with Gasteiger partial charge in [-0.05, 0) is 11.8 Å². The monoisotopic (exact) mass is 312 g/mol. The lowest BCUT2D eigenvalue weighted by Gasteiger charge is -2.16. The quantitative estimate of drug-likeness (QED) is 0.322. The number of carbonyl (C=O) groups is 2. The molecule has 0 fully saturated rings. The standard InChI is InChI=1S/C18H32O4/c1-5-6-7-8-9-10-11-14-21-16(19)12-13-17(20)22-15-18(2,3)4/h12-13H,5-11,14-15H2,1-4H3/b13-12+. The first-order valence-corrected chi connectivity index (χ1v) is 8.37. The number of ether oxygens (including phenoxy) is 2. The molecule has 0 spiro atoms. The summed E-state index contributed by atoms with van der Waals surface area (Å²) in [5.74, 6) is -0.999. The molecule has 0 atom stereocenters. The molecule has 0 bridgehead atoms. The minimum atomic E-state index is -0.511. The van der Waals surface area contributed by atoms with Crippen LogP contribution in [0.1, 0.15) is 72.6 Å². The zero-order chi connectivity index (χ0) is 16.8. The van der Waals surface area contributed by atoms with Gasteiger partial charge in [0, 0.05) is 12.2 Å². The van der Waals surface area contributed by atoms with Crippen LogP contribution in [-0.2, 0) is 19.1 Å². The van der Waals surface area contributed by atoms with Crippen molar-refractivity contribution in [3.8, 4) is 0 Å². The second kappa shape index (κ2) is 12.2. The summed E-state index contributed by atoms with van der Waals surface area (Å²) in [4.78, 5) is 22.8. The van der Waals surface area contributed by atoms with E-state index in [1.807, 2.05) is 20.8 Å². The molecule has 0 saturated carbocycles. The molecule has 0 aliphatic rings. The summed E-state index contributed by atoms with van der Waals surface area (Å²) in [6, 6.07) is 0. The molecule has 0 amide bonds. The summed E-state index contributed by atoms with van der Waals surface area (Å²) in [5, 5.41) is 0. The van der Waals surface area contributed by atoms with Crippen LogP contribution in [0.25, 0.3) is 0 Å². The molecule has 0 rings (SSSR count). The van der Waals surface area contributed by atoms with Gasteiger partial charge >= 0.3 is 11.9 Å². The van der Waals surface area contributed by atoms with E-state index < -0.39 is 11.9 Å². The Balaban J connectivity index is 3.60. The first-order valence-electron chi connectivity index (χ1n) is 8.37. The summed E-state index contributed by atoms with van der Waals surface area (Å²) in [6.07, 6.45) is 10.5. The van der Waals surface area contributed by atoms with Gasteiger partial charge < -0.3 is 9.47 Å². The van der Waals surface area contributed by atoms with Gasteiger partial charge in [0.1, 0.15) is 0 Å². The maximum absolute atomic E-state index is 11.4. The Morgan fingerprint density at radius 3 is 1.86 bits per heavy atom. The smallest absolute Gasteiger partial charge is 0.331 e. The average Bonchev–Trinajstić information content (AvgIpc) is 2.45. The van der Waals surface area contributed by atoms with Gasteiger partial charge in [0.25, 0.3) is 0 Å². The van der Waals surface area contributed by atoms with Crippen molar-refractivity contribution in [2.75, 3.05) is 13.2 Å². The lowest BCUT2D eigenvalue weighted by Crippen LogP contribution is -2.17. The molecule has 0 aliphatic heterocycles. The SMILES string of the molecule is CCCCCCCCCOC(=O)/C=C/C(=O)OCC(C)(C)C. The molecular formula is C18H32O4. The van der Waals surface area contributed by atoms with E-state index in [1.54, 1.807) is 0 Å². The third kappa shape index (κ3) is 15.1. The topological polar surface area (TPSA) is 52.6 Å². The predicted octanol–water partition coefficient (Wildman–Crippen LogP) is 4.43. The fourth-order valence-corrected chi connectivity index (χ4v) is 1.75. The summed E-state index contributed by atoms with van der Waals surface area (Å²) >= 11 is 0. The lowest BCUT2D eigenvalue weighted by molar-refractivity contribution is -0.142. The fourth-order valence-electron chi connectivity index (χ4n) is 1.75. The van der Waals surface area contributed by atoms with Gasteiger partial charge in [0.05, 0.1) is 13.2 Å². The number of esters is 2. The first kappa shape index (κ1) is 20.7. The van der Waals surface area contributed by atoms with E-state index >= 15 is 0 Å². The summed E-state index contributed by atoms with van der Waals surface area (Å²) in [5.41, 5.74) is -0.0822. The van der Waals surface area contributed by atoms with Crippen LogP contribution in [0, 0.1) is 5.41 Å². The van der Waals surface area contributed by atoms with Crippen LogP contribution >= 0.6 is 0 Å². The predicted molar refractivity (Wildman–Crippen MR) is 88.5 cm³/mol. The second-order valence-electron chi connectivity index (χ2n) is 6.79. The highest BCUT2D eigenvalue weighted by Gasteiger charge is 2.12. The Morgan fingerprint density at radius 1 is 0.818 bits per heavy atom. The highest BCUT2D eigenvalue weighted by Crippen LogP contribution is 2.12. The van der Waals surface area contributed by atoms with Crippen molar-refractivity contribution in [1.29, 1.82) is 0 Å². The van der Waals surface area contributed by atoms with Gasteiger partial charge in [-0.25, -0.2) is 9.59 Å². The van der Waals surface area contributed by atoms with Crippen LogP contribution in [0.4, 0.5) is 0 Å². The third-order valence-electron chi connectivity index (χ3n) is 3.00. The largest absolute Gasteiger partial charge is 0.463 e. The minimum Gasteiger partial charge on any atom is -0.463 e. The van der Waals surface area contributed by atoms with Crippen molar-refractivity contribution < 1.29 is 19.1 Å². The maximum Gasteiger partial charge on any atom is 0.331 e. The Kier molecular flexibility index (Phi) is 11.5. The molecule has 0 aromatic carbocycles. The molecule has 0 aromatic heterocycles. The molecule has 4 nitrogen and oxygen atoms in total. The Morgan fingerprint density at radius 2 is 1.32 bits per heavy atom. The van der Waals surface area contributed by atoms with Crippen LogP contribution in [0.3, 0.4) is 0 Å². The van der Waals surface area contributed by atoms with E-state index in [4.69, 9.17) is 9.47 Å². The van der Waals surface area contributed by atoms with E-state index in [9.17, 15) is 9.59 Å². The van der Waals surface area contributed by atoms with Crippen molar-refractivity contribution in [3.63, 3.8) is 0 Å². The van der Waals surface area contributed by atoms with E-state index in [0.717, 1.165) is 25.0 Å². The van der Waals surface area contributed by atoms with Crippen LogP contribution in [0.5, 0.6) is 0 Å². The molecule has 0 aliphatic carbocycles. The number of rotatable bonds is 11. The van der Waals surface area contributed by atoms with E-state index in [1.165, 1.54) is 32.1 Å². The Labute approximate surface area is 135 Å². The highest BCUT2D eigenvalue weighted by molar-refractivity contribution is 5.91. The number of unbranched alkanes of at least 4 members (excludes halogenated alkanes) is 6. The second-order valence-corrected chi connectivity index (χ2v) is 6.79. The number of hydrogen-bond donors (Lipinski definition) is 0. The maximum atomic E-state index is 11.4. The number of hydrogen-bond acceptors (Lipinski definition) is 4. The molecule has 0 unspecified atom stereocenters. The van der Waals surface area contributed by atoms with Gasteiger partial charge in [0.15, 0.2) is 0 Å². The summed E-state index contributed by atoms with van der Waals surface area (Å²) in [7, 11) is 0. The van der Waals surface area contributed by atoms with Crippen molar-refractivity contribution in [2.24, 2.45) is 5.41 Å². The van der Waals surface area contributed by atoms with Crippen LogP contribution in [-0.4, -0.2) is 25.2 Å². The van der Waals surface area contributed by atoms with Gasteiger partial charge in [-0.3, -0.25) is 0 Å². The van der Waals surface area contributed by atoms with Gasteiger partial charge in [-0.1, -0.05) is 66.2 Å². The van der Waals surface area contributed by atoms with Crippen molar-refractivity contribution in [2.45, 2.75) is 72.6 Å². The molecule has 22 heavy (non-hydrogen) atoms.